The molecule has 13 heavy (non-hydrogen) atoms. The molecule has 0 radical (unpaired) electrons. The number of nitrogens with two attached hydrogens (primary N) is 1. The molecule has 0 amide bonds. The van der Waals surface area contributed by atoms with Crippen LogP contribution in [0.1, 0.15) is 32.1 Å². The van der Waals surface area contributed by atoms with Gasteiger partial charge < -0.3 is 10.8 Å². The highest BCUT2D eigenvalue weighted by Gasteiger charge is 2.51. The molecule has 0 bridgehead atoms. The third-order valence-corrected chi connectivity index (χ3v) is 3.78. The Morgan fingerprint density at radius 3 is 2.38 bits per heavy atom. The maximum atomic E-state index is 10.9. The van der Waals surface area contributed by atoms with E-state index in [0.717, 1.165) is 12.8 Å². The molecule has 2 saturated carbocycles. The summed E-state index contributed by atoms with van der Waals surface area (Å²) in [7, 11) is 0. The van der Waals surface area contributed by atoms with Gasteiger partial charge in [-0.2, -0.15) is 0 Å². The van der Waals surface area contributed by atoms with E-state index in [9.17, 15) is 4.79 Å². The average molecular weight is 183 g/mol. The van der Waals surface area contributed by atoms with Crippen LogP contribution in [0.4, 0.5) is 0 Å². The van der Waals surface area contributed by atoms with Gasteiger partial charge in [0.1, 0.15) is 0 Å². The van der Waals surface area contributed by atoms with Crippen molar-refractivity contribution in [1.82, 2.24) is 0 Å². The Labute approximate surface area is 78.3 Å². The Balaban J connectivity index is 2.05. The second kappa shape index (κ2) is 3.29. The van der Waals surface area contributed by atoms with E-state index in [1.165, 1.54) is 19.3 Å². The first-order chi connectivity index (χ1) is 6.22. The van der Waals surface area contributed by atoms with E-state index in [1.807, 2.05) is 0 Å². The predicted molar refractivity (Wildman–Crippen MR) is 49.2 cm³/mol. The number of hydrogen-bond donors (Lipinski definition) is 2. The van der Waals surface area contributed by atoms with Crippen molar-refractivity contribution in [2.75, 3.05) is 0 Å². The summed E-state index contributed by atoms with van der Waals surface area (Å²) in [6.45, 7) is 0. The molecule has 0 aromatic heterocycles. The van der Waals surface area contributed by atoms with Gasteiger partial charge in [-0.25, -0.2) is 0 Å². The second-order valence-corrected chi connectivity index (χ2v) is 4.41. The van der Waals surface area contributed by atoms with Gasteiger partial charge in [-0.3, -0.25) is 4.79 Å². The molecule has 2 rings (SSSR count). The molecule has 3 nitrogen and oxygen atoms in total. The third-order valence-electron chi connectivity index (χ3n) is 3.78. The fraction of sp³-hybridized carbons (Fsp3) is 0.900. The highest BCUT2D eigenvalue weighted by molar-refractivity contribution is 5.73. The second-order valence-electron chi connectivity index (χ2n) is 4.41. The Kier molecular flexibility index (Phi) is 2.28. The summed E-state index contributed by atoms with van der Waals surface area (Å²) in [6.07, 6.45) is 5.91. The van der Waals surface area contributed by atoms with Crippen LogP contribution in [0, 0.1) is 17.8 Å². The maximum Gasteiger partial charge on any atom is 0.308 e. The van der Waals surface area contributed by atoms with Gasteiger partial charge in [-0.1, -0.05) is 19.3 Å². The lowest BCUT2D eigenvalue weighted by molar-refractivity contribution is -0.153. The van der Waals surface area contributed by atoms with E-state index >= 15 is 0 Å². The van der Waals surface area contributed by atoms with Gasteiger partial charge in [-0.05, 0) is 24.7 Å². The van der Waals surface area contributed by atoms with Crippen LogP contribution in [-0.4, -0.2) is 17.1 Å². The molecule has 0 aromatic carbocycles. The lowest BCUT2D eigenvalue weighted by atomic mass is 9.59. The summed E-state index contributed by atoms with van der Waals surface area (Å²) >= 11 is 0. The summed E-state index contributed by atoms with van der Waals surface area (Å²) in [5, 5.41) is 8.95. The highest BCUT2D eigenvalue weighted by Crippen LogP contribution is 2.47. The van der Waals surface area contributed by atoms with E-state index in [0.29, 0.717) is 11.8 Å². The zero-order chi connectivity index (χ0) is 9.42. The van der Waals surface area contributed by atoms with Crippen molar-refractivity contribution in [2.45, 2.75) is 38.1 Å². The van der Waals surface area contributed by atoms with Gasteiger partial charge in [0.15, 0.2) is 0 Å². The zero-order valence-electron chi connectivity index (χ0n) is 7.78. The molecule has 2 aliphatic rings. The minimum absolute atomic E-state index is 0.0689. The van der Waals surface area contributed by atoms with Crippen LogP contribution in [0.2, 0.25) is 0 Å². The summed E-state index contributed by atoms with van der Waals surface area (Å²) in [5.41, 5.74) is 5.87. The van der Waals surface area contributed by atoms with Gasteiger partial charge in [0.25, 0.3) is 0 Å². The molecule has 0 spiro atoms. The molecule has 3 N–H and O–H groups in total. The predicted octanol–water partition coefficient (Wildman–Crippen LogP) is 1.22. The molecule has 0 aromatic rings. The van der Waals surface area contributed by atoms with Gasteiger partial charge in [0, 0.05) is 6.04 Å². The molecule has 2 fully saturated rings. The minimum atomic E-state index is -0.685. The van der Waals surface area contributed by atoms with E-state index in [4.69, 9.17) is 10.8 Å². The van der Waals surface area contributed by atoms with E-state index in [1.54, 1.807) is 0 Å². The van der Waals surface area contributed by atoms with Crippen molar-refractivity contribution < 1.29 is 9.90 Å². The molecule has 0 saturated heterocycles. The van der Waals surface area contributed by atoms with Crippen molar-refractivity contribution in [2.24, 2.45) is 23.5 Å². The largest absolute Gasteiger partial charge is 0.481 e. The van der Waals surface area contributed by atoms with Gasteiger partial charge in [0.2, 0.25) is 0 Å². The molecule has 0 aliphatic heterocycles. The normalized spacial score (nSPS) is 44.4. The fourth-order valence-electron chi connectivity index (χ4n) is 3.04. The Bertz CT molecular complexity index is 217. The first-order valence-corrected chi connectivity index (χ1v) is 5.20. The Morgan fingerprint density at radius 1 is 1.15 bits per heavy atom. The monoisotopic (exact) mass is 183 g/mol. The first-order valence-electron chi connectivity index (χ1n) is 5.20. The van der Waals surface area contributed by atoms with Crippen molar-refractivity contribution >= 4 is 5.97 Å². The summed E-state index contributed by atoms with van der Waals surface area (Å²) < 4.78 is 0. The van der Waals surface area contributed by atoms with Gasteiger partial charge in [-0.15, -0.1) is 0 Å². The minimum Gasteiger partial charge on any atom is -0.481 e. The molecular weight excluding hydrogens is 166 g/mol. The lowest BCUT2D eigenvalue weighted by Gasteiger charge is -2.47. The third kappa shape index (κ3) is 1.35. The van der Waals surface area contributed by atoms with Crippen LogP contribution in [0.5, 0.6) is 0 Å². The topological polar surface area (TPSA) is 63.3 Å². The van der Waals surface area contributed by atoms with Crippen LogP contribution < -0.4 is 5.73 Å². The van der Waals surface area contributed by atoms with Crippen LogP contribution in [-0.2, 0) is 4.79 Å². The van der Waals surface area contributed by atoms with Crippen LogP contribution in [0.15, 0.2) is 0 Å². The molecule has 74 valence electrons. The van der Waals surface area contributed by atoms with Gasteiger partial charge in [0.05, 0.1) is 5.92 Å². The molecular formula is C10H17NO2. The van der Waals surface area contributed by atoms with E-state index in [2.05, 4.69) is 0 Å². The number of carboxylic acid groups (broad SMARTS) is 1. The summed E-state index contributed by atoms with van der Waals surface area (Å²) in [5.74, 6) is -0.0441. The number of rotatable bonds is 1. The van der Waals surface area contributed by atoms with Gasteiger partial charge >= 0.3 is 5.97 Å². The van der Waals surface area contributed by atoms with Crippen molar-refractivity contribution in [1.29, 1.82) is 0 Å². The van der Waals surface area contributed by atoms with Crippen LogP contribution in [0.3, 0.4) is 0 Å². The van der Waals surface area contributed by atoms with Crippen molar-refractivity contribution in [3.05, 3.63) is 0 Å². The number of fused-ring (bicyclic) bond motifs is 1. The highest BCUT2D eigenvalue weighted by atomic mass is 16.4. The Morgan fingerprint density at radius 2 is 1.77 bits per heavy atom. The summed E-state index contributed by atoms with van der Waals surface area (Å²) in [6, 6.07) is -0.0689. The molecule has 2 aliphatic carbocycles. The standard InChI is InChI=1S/C10H17NO2/c11-9-7-5-3-1-2-4-6(7)8(9)10(12)13/h6-9H,1-5,11H2,(H,12,13)/t6-,7+,8-,9-/m0/s1. The first kappa shape index (κ1) is 9.00. The van der Waals surface area contributed by atoms with E-state index in [-0.39, 0.29) is 12.0 Å². The lowest BCUT2D eigenvalue weighted by Crippen LogP contribution is -2.59. The maximum absolute atomic E-state index is 10.9. The zero-order valence-corrected chi connectivity index (χ0v) is 7.78. The molecule has 4 atom stereocenters. The Hall–Kier alpha value is -0.570. The van der Waals surface area contributed by atoms with Crippen molar-refractivity contribution in [3.8, 4) is 0 Å². The summed E-state index contributed by atoms with van der Waals surface area (Å²) in [4.78, 5) is 10.9. The SMILES string of the molecule is N[C@H]1[C@@H]2CCCCC[C@@H]2[C@@H]1C(=O)O. The number of hydrogen-bond acceptors (Lipinski definition) is 2. The quantitative estimate of drug-likeness (QED) is 0.642. The smallest absolute Gasteiger partial charge is 0.308 e. The molecule has 3 heteroatoms. The van der Waals surface area contributed by atoms with Crippen LogP contribution in [0.25, 0.3) is 0 Å². The average Bonchev–Trinajstić information content (AvgIpc) is 2.26. The number of carboxylic acids is 1. The fourth-order valence-corrected chi connectivity index (χ4v) is 3.04. The number of carbonyl (C=O) groups is 1. The molecule has 0 unspecified atom stereocenters. The number of aliphatic carboxylic acids is 1. The van der Waals surface area contributed by atoms with Crippen LogP contribution >= 0.6 is 0 Å². The molecule has 0 heterocycles. The van der Waals surface area contributed by atoms with E-state index < -0.39 is 5.97 Å². The van der Waals surface area contributed by atoms with Crippen molar-refractivity contribution in [3.63, 3.8) is 0 Å².